The van der Waals surface area contributed by atoms with Gasteiger partial charge in [-0.25, -0.2) is 9.67 Å². The molecule has 0 bridgehead atoms. The molecule has 6 nitrogen and oxygen atoms in total. The molecule has 3 rings (SSSR count). The molecule has 0 saturated carbocycles. The van der Waals surface area contributed by atoms with Crippen molar-refractivity contribution in [3.8, 4) is 5.69 Å². The van der Waals surface area contributed by atoms with E-state index < -0.39 is 5.60 Å². The van der Waals surface area contributed by atoms with Crippen molar-refractivity contribution in [1.82, 2.24) is 20.4 Å². The third-order valence-corrected chi connectivity index (χ3v) is 5.22. The van der Waals surface area contributed by atoms with Crippen molar-refractivity contribution >= 4 is 41.3 Å². The van der Waals surface area contributed by atoms with E-state index in [1.807, 2.05) is 66.5 Å². The van der Waals surface area contributed by atoms with E-state index >= 15 is 0 Å². The van der Waals surface area contributed by atoms with Crippen LogP contribution in [0, 0.1) is 0 Å². The predicted molar refractivity (Wildman–Crippen MR) is 126 cm³/mol. The second-order valence-electron chi connectivity index (χ2n) is 6.42. The van der Waals surface area contributed by atoms with Gasteiger partial charge in [-0.3, -0.25) is 0 Å². The van der Waals surface area contributed by atoms with Crippen LogP contribution in [0.3, 0.4) is 0 Å². The van der Waals surface area contributed by atoms with Gasteiger partial charge in [0.25, 0.3) is 0 Å². The Hall–Kier alpha value is -1.91. The first-order valence-corrected chi connectivity index (χ1v) is 9.84. The lowest BCUT2D eigenvalue weighted by Crippen LogP contribution is -2.44. The molecule has 1 atom stereocenters. The summed E-state index contributed by atoms with van der Waals surface area (Å²) >= 11 is 1.55. The van der Waals surface area contributed by atoms with Crippen LogP contribution in [-0.4, -0.2) is 33.9 Å². The molecule has 3 aromatic rings. The predicted octanol–water partition coefficient (Wildman–Crippen LogP) is 3.51. The fraction of sp³-hybridized carbons (Fsp3) is 0.300. The maximum Gasteiger partial charge on any atom is 0.191 e. The van der Waals surface area contributed by atoms with Crippen LogP contribution in [0.4, 0.5) is 0 Å². The molecule has 0 fully saturated rings. The molecule has 28 heavy (non-hydrogen) atoms. The summed E-state index contributed by atoms with van der Waals surface area (Å²) in [5.74, 6) is 0.679. The van der Waals surface area contributed by atoms with E-state index in [0.717, 1.165) is 22.7 Å². The van der Waals surface area contributed by atoms with E-state index in [0.29, 0.717) is 19.0 Å². The fourth-order valence-corrected chi connectivity index (χ4v) is 3.45. The highest BCUT2D eigenvalue weighted by atomic mass is 127. The van der Waals surface area contributed by atoms with Crippen molar-refractivity contribution < 1.29 is 5.11 Å². The maximum atomic E-state index is 10.7. The van der Waals surface area contributed by atoms with Gasteiger partial charge in [-0.2, -0.15) is 5.10 Å². The Balaban J connectivity index is 0.00000280. The van der Waals surface area contributed by atoms with Gasteiger partial charge in [0.05, 0.1) is 18.8 Å². The molecule has 0 saturated heterocycles. The second-order valence-corrected chi connectivity index (χ2v) is 7.37. The van der Waals surface area contributed by atoms with E-state index in [4.69, 9.17) is 0 Å². The molecule has 0 radical (unpaired) electrons. The zero-order valence-corrected chi connectivity index (χ0v) is 19.1. The molecule has 8 heteroatoms. The lowest BCUT2D eigenvalue weighted by Gasteiger charge is -2.23. The average molecular weight is 511 g/mol. The smallest absolute Gasteiger partial charge is 0.191 e. The minimum absolute atomic E-state index is 0. The van der Waals surface area contributed by atoms with Crippen molar-refractivity contribution in [2.45, 2.75) is 26.0 Å². The normalized spacial score (nSPS) is 13.5. The van der Waals surface area contributed by atoms with Gasteiger partial charge >= 0.3 is 0 Å². The van der Waals surface area contributed by atoms with E-state index in [9.17, 15) is 5.11 Å². The molecule has 0 aliphatic heterocycles. The van der Waals surface area contributed by atoms with Crippen LogP contribution in [0.15, 0.2) is 65.2 Å². The molecule has 3 N–H and O–H groups in total. The largest absolute Gasteiger partial charge is 0.383 e. The molecule has 1 unspecified atom stereocenters. The van der Waals surface area contributed by atoms with Crippen molar-refractivity contribution in [3.63, 3.8) is 0 Å². The number of aliphatic hydroxyl groups is 1. The number of aromatic nitrogens is 2. The number of guanidine groups is 1. The zero-order valence-electron chi connectivity index (χ0n) is 16.0. The lowest BCUT2D eigenvalue weighted by molar-refractivity contribution is 0.0655. The highest BCUT2D eigenvalue weighted by Gasteiger charge is 2.24. The van der Waals surface area contributed by atoms with Crippen LogP contribution >= 0.6 is 35.3 Å². The molecule has 0 amide bonds. The molecular formula is C20H26IN5OS. The van der Waals surface area contributed by atoms with Gasteiger partial charge in [-0.15, -0.1) is 35.3 Å². The van der Waals surface area contributed by atoms with E-state index in [1.54, 1.807) is 17.5 Å². The summed E-state index contributed by atoms with van der Waals surface area (Å²) in [6.07, 6.45) is 3.68. The van der Waals surface area contributed by atoms with Gasteiger partial charge in [-0.05, 0) is 49.1 Å². The van der Waals surface area contributed by atoms with Crippen molar-refractivity contribution in [1.29, 1.82) is 0 Å². The summed E-state index contributed by atoms with van der Waals surface area (Å²) in [5, 5.41) is 23.4. The van der Waals surface area contributed by atoms with Crippen LogP contribution in [0.2, 0.25) is 0 Å². The number of aliphatic imine (C=N–C) groups is 1. The van der Waals surface area contributed by atoms with E-state index in [-0.39, 0.29) is 24.0 Å². The minimum Gasteiger partial charge on any atom is -0.383 e. The van der Waals surface area contributed by atoms with E-state index in [2.05, 4.69) is 26.8 Å². The Morgan fingerprint density at radius 3 is 2.79 bits per heavy atom. The van der Waals surface area contributed by atoms with Gasteiger partial charge in [0.1, 0.15) is 5.60 Å². The highest BCUT2D eigenvalue weighted by molar-refractivity contribution is 14.0. The number of rotatable bonds is 7. The number of halogens is 1. The first-order valence-electron chi connectivity index (χ1n) is 8.96. The summed E-state index contributed by atoms with van der Waals surface area (Å²) in [6.45, 7) is 5.49. The summed E-state index contributed by atoms with van der Waals surface area (Å²) in [5.41, 5.74) is 1.15. The van der Waals surface area contributed by atoms with Gasteiger partial charge in [0, 0.05) is 23.8 Å². The highest BCUT2D eigenvalue weighted by Crippen LogP contribution is 2.24. The first kappa shape index (κ1) is 22.4. The van der Waals surface area contributed by atoms with E-state index in [1.165, 1.54) is 0 Å². The van der Waals surface area contributed by atoms with Gasteiger partial charge in [0.2, 0.25) is 0 Å². The summed E-state index contributed by atoms with van der Waals surface area (Å²) < 4.78 is 1.83. The number of hydrogen-bond donors (Lipinski definition) is 3. The molecule has 2 aromatic heterocycles. The lowest BCUT2D eigenvalue weighted by atomic mass is 10.1. The molecule has 0 spiro atoms. The third-order valence-electron chi connectivity index (χ3n) is 4.10. The van der Waals surface area contributed by atoms with Crippen molar-refractivity contribution in [3.05, 3.63) is 70.7 Å². The summed E-state index contributed by atoms with van der Waals surface area (Å²) in [6, 6.07) is 13.9. The Kier molecular flexibility index (Phi) is 8.46. The fourth-order valence-electron chi connectivity index (χ4n) is 2.66. The minimum atomic E-state index is -0.940. The standard InChI is InChI=1S/C20H25N5OS.HI/c1-3-21-19(23-15-20(2,26)18-9-5-12-27-18)22-14-16-7-4-8-17(13-16)25-11-6-10-24-25;/h4-13,26H,3,14-15H2,1-2H3,(H2,21,22,23);1H. The summed E-state index contributed by atoms with van der Waals surface area (Å²) in [4.78, 5) is 5.58. The summed E-state index contributed by atoms with van der Waals surface area (Å²) in [7, 11) is 0. The Bertz CT molecular complexity index is 863. The number of thiophene rings is 1. The molecule has 0 aliphatic rings. The molecular weight excluding hydrogens is 485 g/mol. The molecule has 0 aliphatic carbocycles. The SMILES string of the molecule is CCNC(=NCc1cccc(-n2cccn2)c1)NCC(C)(O)c1cccs1.I. The van der Waals surface area contributed by atoms with Gasteiger partial charge in [-0.1, -0.05) is 18.2 Å². The zero-order chi connectivity index (χ0) is 19.1. The van der Waals surface area contributed by atoms with Crippen molar-refractivity contribution in [2.75, 3.05) is 13.1 Å². The first-order chi connectivity index (χ1) is 13.1. The van der Waals surface area contributed by atoms with Crippen LogP contribution in [-0.2, 0) is 12.1 Å². The number of hydrogen-bond acceptors (Lipinski definition) is 4. The quantitative estimate of drug-likeness (QED) is 0.258. The van der Waals surface area contributed by atoms with Crippen LogP contribution in [0.25, 0.3) is 5.69 Å². The van der Waals surface area contributed by atoms with Crippen LogP contribution in [0.5, 0.6) is 0 Å². The van der Waals surface area contributed by atoms with Gasteiger partial charge < -0.3 is 15.7 Å². The van der Waals surface area contributed by atoms with Crippen LogP contribution < -0.4 is 10.6 Å². The number of benzene rings is 1. The van der Waals surface area contributed by atoms with Crippen molar-refractivity contribution in [2.24, 2.45) is 4.99 Å². The average Bonchev–Trinajstić information content (AvgIpc) is 3.38. The molecule has 2 heterocycles. The van der Waals surface area contributed by atoms with Gasteiger partial charge in [0.15, 0.2) is 5.96 Å². The molecule has 150 valence electrons. The third kappa shape index (κ3) is 6.05. The molecule has 1 aromatic carbocycles. The second kappa shape index (κ2) is 10.6. The monoisotopic (exact) mass is 511 g/mol. The Morgan fingerprint density at radius 2 is 2.11 bits per heavy atom. The maximum absolute atomic E-state index is 10.7. The number of nitrogens with one attached hydrogen (secondary N) is 2. The Morgan fingerprint density at radius 1 is 1.25 bits per heavy atom. The van der Waals surface area contributed by atoms with Crippen LogP contribution in [0.1, 0.15) is 24.3 Å². The number of nitrogens with zero attached hydrogens (tertiary/aromatic N) is 3. The topological polar surface area (TPSA) is 74.5 Å². The Labute approximate surface area is 186 Å².